The zero-order valence-electron chi connectivity index (χ0n) is 13.8. The largest absolute Gasteiger partial charge is 0.345 e. The lowest BCUT2D eigenvalue weighted by atomic mass is 10.1. The van der Waals surface area contributed by atoms with Gasteiger partial charge in [-0.3, -0.25) is 14.5 Å². The summed E-state index contributed by atoms with van der Waals surface area (Å²) >= 11 is 0. The van der Waals surface area contributed by atoms with Crippen molar-refractivity contribution >= 4 is 11.7 Å². The summed E-state index contributed by atoms with van der Waals surface area (Å²) in [5, 5.41) is 0. The van der Waals surface area contributed by atoms with E-state index in [-0.39, 0.29) is 11.7 Å². The zero-order valence-corrected chi connectivity index (χ0v) is 13.8. The van der Waals surface area contributed by atoms with Crippen LogP contribution in [-0.2, 0) is 4.79 Å². The molecular formula is C17H25N3O2. The molecule has 3 rings (SSSR count). The minimum Gasteiger partial charge on any atom is -0.345 e. The fourth-order valence-electron chi connectivity index (χ4n) is 3.46. The summed E-state index contributed by atoms with van der Waals surface area (Å²) in [7, 11) is 0. The molecule has 1 aromatic heterocycles. The Morgan fingerprint density at radius 3 is 2.32 bits per heavy atom. The Labute approximate surface area is 131 Å². The highest BCUT2D eigenvalue weighted by Gasteiger charge is 2.29. The lowest BCUT2D eigenvalue weighted by Crippen LogP contribution is -2.49. The van der Waals surface area contributed by atoms with Crippen LogP contribution in [-0.4, -0.2) is 58.8 Å². The van der Waals surface area contributed by atoms with E-state index in [4.69, 9.17) is 0 Å². The second-order valence-electron chi connectivity index (χ2n) is 6.59. The van der Waals surface area contributed by atoms with Crippen molar-refractivity contribution in [3.05, 3.63) is 23.0 Å². The van der Waals surface area contributed by atoms with Gasteiger partial charge >= 0.3 is 0 Å². The first-order valence-corrected chi connectivity index (χ1v) is 8.17. The van der Waals surface area contributed by atoms with Crippen LogP contribution in [0.4, 0.5) is 0 Å². The van der Waals surface area contributed by atoms with Crippen LogP contribution < -0.4 is 0 Å². The summed E-state index contributed by atoms with van der Waals surface area (Å²) in [6, 6.07) is 2.66. The normalized spacial score (nSPS) is 19.5. The van der Waals surface area contributed by atoms with E-state index in [1.165, 1.54) is 18.5 Å². The van der Waals surface area contributed by atoms with Crippen LogP contribution in [0.1, 0.15) is 47.6 Å². The standard InChI is InChI=1S/C17H25N3O2/c1-12-10-16(13(2)20(12)15-4-5-15)17(22)11-18-6-8-19(9-7-18)14(3)21/h10,15H,4-9,11H2,1-3H3. The van der Waals surface area contributed by atoms with Crippen molar-refractivity contribution < 1.29 is 9.59 Å². The lowest BCUT2D eigenvalue weighted by Gasteiger charge is -2.33. The van der Waals surface area contributed by atoms with Gasteiger partial charge in [-0.05, 0) is 32.8 Å². The van der Waals surface area contributed by atoms with Gasteiger partial charge in [-0.2, -0.15) is 0 Å². The molecular weight excluding hydrogens is 278 g/mol. The van der Waals surface area contributed by atoms with Crippen molar-refractivity contribution in [2.24, 2.45) is 0 Å². The highest BCUT2D eigenvalue weighted by Crippen LogP contribution is 2.38. The lowest BCUT2D eigenvalue weighted by molar-refractivity contribution is -0.130. The topological polar surface area (TPSA) is 45.6 Å². The average Bonchev–Trinajstić information content (AvgIpc) is 3.25. The molecule has 120 valence electrons. The number of piperazine rings is 1. The predicted octanol–water partition coefficient (Wildman–Crippen LogP) is 1.79. The molecule has 0 spiro atoms. The molecule has 5 nitrogen and oxygen atoms in total. The first kappa shape index (κ1) is 15.3. The minimum atomic E-state index is 0.124. The van der Waals surface area contributed by atoms with E-state index in [2.05, 4.69) is 23.3 Å². The number of carbonyl (C=O) groups is 2. The van der Waals surface area contributed by atoms with Crippen LogP contribution in [0.5, 0.6) is 0 Å². The van der Waals surface area contributed by atoms with E-state index in [1.54, 1.807) is 6.92 Å². The van der Waals surface area contributed by atoms with Crippen molar-refractivity contribution in [3.63, 3.8) is 0 Å². The number of hydrogen-bond donors (Lipinski definition) is 0. The molecule has 0 atom stereocenters. The SMILES string of the molecule is CC(=O)N1CCN(CC(=O)c2cc(C)n(C3CC3)c2C)CC1. The number of Topliss-reactive ketones (excluding diaryl/α,β-unsaturated/α-hetero) is 1. The average molecular weight is 303 g/mol. The van der Waals surface area contributed by atoms with E-state index in [0.717, 1.165) is 37.4 Å². The summed E-state index contributed by atoms with van der Waals surface area (Å²) in [4.78, 5) is 28.0. The van der Waals surface area contributed by atoms with Crippen LogP contribution in [0.2, 0.25) is 0 Å². The Kier molecular flexibility index (Phi) is 4.08. The third-order valence-electron chi connectivity index (χ3n) is 4.88. The van der Waals surface area contributed by atoms with Gasteiger partial charge in [-0.1, -0.05) is 0 Å². The van der Waals surface area contributed by atoms with Crippen molar-refractivity contribution in [1.29, 1.82) is 0 Å². The Morgan fingerprint density at radius 1 is 1.14 bits per heavy atom. The highest BCUT2D eigenvalue weighted by atomic mass is 16.2. The van der Waals surface area contributed by atoms with Crippen LogP contribution in [0.25, 0.3) is 0 Å². The fourth-order valence-corrected chi connectivity index (χ4v) is 3.46. The minimum absolute atomic E-state index is 0.124. The van der Waals surface area contributed by atoms with Gasteiger partial charge in [-0.15, -0.1) is 0 Å². The third-order valence-corrected chi connectivity index (χ3v) is 4.88. The van der Waals surface area contributed by atoms with Gasteiger partial charge in [0.05, 0.1) is 6.54 Å². The van der Waals surface area contributed by atoms with Crippen molar-refractivity contribution in [2.45, 2.75) is 39.7 Å². The smallest absolute Gasteiger partial charge is 0.219 e. The van der Waals surface area contributed by atoms with Crippen LogP contribution in [0.3, 0.4) is 0 Å². The van der Waals surface area contributed by atoms with E-state index in [1.807, 2.05) is 11.0 Å². The molecule has 0 unspecified atom stereocenters. The second-order valence-corrected chi connectivity index (χ2v) is 6.59. The van der Waals surface area contributed by atoms with Gasteiger partial charge < -0.3 is 9.47 Å². The van der Waals surface area contributed by atoms with E-state index < -0.39 is 0 Å². The summed E-state index contributed by atoms with van der Waals surface area (Å²) in [6.07, 6.45) is 2.47. The Morgan fingerprint density at radius 2 is 1.77 bits per heavy atom. The summed E-state index contributed by atoms with van der Waals surface area (Å²) < 4.78 is 2.32. The molecule has 2 fully saturated rings. The van der Waals surface area contributed by atoms with Crippen LogP contribution in [0.15, 0.2) is 6.07 Å². The van der Waals surface area contributed by atoms with Gasteiger partial charge in [0, 0.05) is 56.1 Å². The molecule has 0 radical (unpaired) electrons. The molecule has 1 aliphatic heterocycles. The molecule has 1 saturated carbocycles. The van der Waals surface area contributed by atoms with Gasteiger partial charge in [-0.25, -0.2) is 0 Å². The number of aryl methyl sites for hydroxylation is 1. The molecule has 1 aliphatic carbocycles. The quantitative estimate of drug-likeness (QED) is 0.797. The van der Waals surface area contributed by atoms with Crippen molar-refractivity contribution in [1.82, 2.24) is 14.4 Å². The fraction of sp³-hybridized carbons (Fsp3) is 0.647. The monoisotopic (exact) mass is 303 g/mol. The first-order chi connectivity index (χ1) is 10.5. The van der Waals surface area contributed by atoms with Crippen molar-refractivity contribution in [3.8, 4) is 0 Å². The number of ketones is 1. The van der Waals surface area contributed by atoms with E-state index in [0.29, 0.717) is 12.6 Å². The number of carbonyl (C=O) groups excluding carboxylic acids is 2. The molecule has 2 heterocycles. The predicted molar refractivity (Wildman–Crippen MR) is 85.2 cm³/mol. The molecule has 2 aliphatic rings. The van der Waals surface area contributed by atoms with Gasteiger partial charge in [0.1, 0.15) is 0 Å². The summed E-state index contributed by atoms with van der Waals surface area (Å²) in [6.45, 7) is 9.24. The Balaban J connectivity index is 1.63. The molecule has 1 aromatic rings. The van der Waals surface area contributed by atoms with Gasteiger partial charge in [0.2, 0.25) is 5.91 Å². The van der Waals surface area contributed by atoms with E-state index >= 15 is 0 Å². The molecule has 5 heteroatoms. The summed E-state index contributed by atoms with van der Waals surface area (Å²) in [5.41, 5.74) is 3.19. The molecule has 0 N–H and O–H groups in total. The maximum Gasteiger partial charge on any atom is 0.219 e. The second kappa shape index (κ2) is 5.88. The number of aromatic nitrogens is 1. The maximum absolute atomic E-state index is 12.6. The van der Waals surface area contributed by atoms with E-state index in [9.17, 15) is 9.59 Å². The first-order valence-electron chi connectivity index (χ1n) is 8.17. The van der Waals surface area contributed by atoms with Crippen LogP contribution >= 0.6 is 0 Å². The molecule has 1 saturated heterocycles. The molecule has 22 heavy (non-hydrogen) atoms. The highest BCUT2D eigenvalue weighted by molar-refractivity contribution is 5.99. The Hall–Kier alpha value is -1.62. The summed E-state index contributed by atoms with van der Waals surface area (Å²) in [5.74, 6) is 0.329. The molecule has 0 bridgehead atoms. The number of rotatable bonds is 4. The van der Waals surface area contributed by atoms with Gasteiger partial charge in [0.15, 0.2) is 5.78 Å². The molecule has 1 amide bonds. The molecule has 0 aromatic carbocycles. The number of hydrogen-bond acceptors (Lipinski definition) is 3. The maximum atomic E-state index is 12.6. The van der Waals surface area contributed by atoms with Crippen LogP contribution in [0, 0.1) is 13.8 Å². The zero-order chi connectivity index (χ0) is 15.9. The number of amides is 1. The Bertz CT molecular complexity index is 593. The van der Waals surface area contributed by atoms with Crippen molar-refractivity contribution in [2.75, 3.05) is 32.7 Å². The third kappa shape index (κ3) is 2.95. The van der Waals surface area contributed by atoms with Gasteiger partial charge in [0.25, 0.3) is 0 Å². The number of nitrogens with zero attached hydrogens (tertiary/aromatic N) is 3.